The molecule has 2 fully saturated rings. The van der Waals surface area contributed by atoms with Crippen LogP contribution in [0.15, 0.2) is 67.0 Å². The van der Waals surface area contributed by atoms with Gasteiger partial charge in [-0.1, -0.05) is 6.07 Å². The van der Waals surface area contributed by atoms with Crippen molar-refractivity contribution in [2.24, 2.45) is 5.73 Å². The fourth-order valence-electron chi connectivity index (χ4n) is 5.24. The van der Waals surface area contributed by atoms with Gasteiger partial charge in [-0.25, -0.2) is 4.39 Å². The number of benzene rings is 2. The lowest BCUT2D eigenvalue weighted by Gasteiger charge is -2.37. The predicted octanol–water partition coefficient (Wildman–Crippen LogP) is 3.44. The van der Waals surface area contributed by atoms with Gasteiger partial charge in [0.25, 0.3) is 17.7 Å². The Labute approximate surface area is 232 Å². The minimum atomic E-state index is -0.449. The summed E-state index contributed by atoms with van der Waals surface area (Å²) in [7, 11) is 0. The van der Waals surface area contributed by atoms with E-state index in [4.69, 9.17) is 5.73 Å². The number of hydrogen-bond donors (Lipinski definition) is 3. The molecule has 1 aromatic heterocycles. The largest absolute Gasteiger partial charge is 0.366 e. The second-order valence-electron chi connectivity index (χ2n) is 10.3. The number of halogens is 1. The van der Waals surface area contributed by atoms with Crippen LogP contribution < -0.4 is 21.3 Å². The Balaban J connectivity index is 1.33. The molecule has 1 aliphatic carbocycles. The molecule has 5 rings (SSSR count). The van der Waals surface area contributed by atoms with Crippen LogP contribution in [0.25, 0.3) is 0 Å². The Morgan fingerprint density at radius 2 is 1.55 bits per heavy atom. The van der Waals surface area contributed by atoms with Crippen molar-refractivity contribution in [2.45, 2.75) is 37.8 Å². The van der Waals surface area contributed by atoms with Gasteiger partial charge in [0.05, 0.1) is 11.4 Å². The van der Waals surface area contributed by atoms with Crippen molar-refractivity contribution in [3.63, 3.8) is 0 Å². The Morgan fingerprint density at radius 3 is 2.25 bits per heavy atom. The summed E-state index contributed by atoms with van der Waals surface area (Å²) in [5.41, 5.74) is 8.46. The van der Waals surface area contributed by atoms with Gasteiger partial charge in [0.15, 0.2) is 0 Å². The molecule has 0 unspecified atom stereocenters. The highest BCUT2D eigenvalue weighted by molar-refractivity contribution is 6.07. The average molecular weight is 545 g/mol. The van der Waals surface area contributed by atoms with E-state index in [0.717, 1.165) is 31.4 Å². The van der Waals surface area contributed by atoms with E-state index in [1.807, 2.05) is 6.07 Å². The topological polar surface area (TPSA) is 121 Å². The number of nitrogens with one attached hydrogen (secondary N) is 2. The minimum Gasteiger partial charge on any atom is -0.366 e. The van der Waals surface area contributed by atoms with Crippen LogP contribution in [0.2, 0.25) is 0 Å². The third-order valence-electron chi connectivity index (χ3n) is 7.54. The number of carbonyl (C=O) groups is 3. The van der Waals surface area contributed by atoms with Crippen molar-refractivity contribution < 1.29 is 18.8 Å². The first-order valence-corrected chi connectivity index (χ1v) is 13.6. The van der Waals surface area contributed by atoms with Gasteiger partial charge in [-0.2, -0.15) is 0 Å². The second-order valence-corrected chi connectivity index (χ2v) is 10.3. The van der Waals surface area contributed by atoms with Crippen LogP contribution in [0.3, 0.4) is 0 Å². The lowest BCUT2D eigenvalue weighted by Crippen LogP contribution is -2.49. The molecular weight excluding hydrogens is 511 g/mol. The summed E-state index contributed by atoms with van der Waals surface area (Å²) in [6, 6.07) is 14.5. The second kappa shape index (κ2) is 12.3. The fraction of sp³-hybridized carbons (Fsp3) is 0.333. The molecule has 2 aliphatic rings. The molecule has 2 aromatic carbocycles. The van der Waals surface area contributed by atoms with Crippen LogP contribution in [-0.4, -0.2) is 65.9 Å². The highest BCUT2D eigenvalue weighted by Crippen LogP contribution is 2.30. The van der Waals surface area contributed by atoms with Crippen molar-refractivity contribution in [1.82, 2.24) is 15.2 Å². The molecule has 9 nitrogen and oxygen atoms in total. The third-order valence-corrected chi connectivity index (χ3v) is 7.54. The molecule has 4 N–H and O–H groups in total. The molecule has 0 spiro atoms. The van der Waals surface area contributed by atoms with Gasteiger partial charge in [0.1, 0.15) is 5.82 Å². The normalized spacial score (nSPS) is 19.1. The number of anilines is 2. The number of aromatic nitrogens is 1. The maximum atomic E-state index is 13.6. The summed E-state index contributed by atoms with van der Waals surface area (Å²) < 4.78 is 13.6. The van der Waals surface area contributed by atoms with Crippen molar-refractivity contribution in [3.05, 3.63) is 89.5 Å². The molecule has 1 saturated carbocycles. The quantitative estimate of drug-likeness (QED) is 0.437. The summed E-state index contributed by atoms with van der Waals surface area (Å²) in [5.74, 6) is -1.18. The zero-order chi connectivity index (χ0) is 28.1. The summed E-state index contributed by atoms with van der Waals surface area (Å²) >= 11 is 0. The van der Waals surface area contributed by atoms with Gasteiger partial charge in [-0.15, -0.1) is 0 Å². The van der Waals surface area contributed by atoms with Gasteiger partial charge in [-0.05, 0) is 74.2 Å². The lowest BCUT2D eigenvalue weighted by atomic mass is 9.91. The number of amides is 3. The van der Waals surface area contributed by atoms with Crippen LogP contribution in [0.4, 0.5) is 15.8 Å². The van der Waals surface area contributed by atoms with E-state index in [0.29, 0.717) is 48.6 Å². The van der Waals surface area contributed by atoms with Gasteiger partial charge in [0, 0.05) is 67.3 Å². The first kappa shape index (κ1) is 27.3. The van der Waals surface area contributed by atoms with E-state index >= 15 is 0 Å². The monoisotopic (exact) mass is 544 g/mol. The molecule has 0 bridgehead atoms. The zero-order valence-electron chi connectivity index (χ0n) is 22.2. The molecule has 3 aromatic rings. The summed E-state index contributed by atoms with van der Waals surface area (Å²) in [4.78, 5) is 46.8. The molecule has 1 aliphatic heterocycles. The Morgan fingerprint density at radius 1 is 0.825 bits per heavy atom. The van der Waals surface area contributed by atoms with Crippen molar-refractivity contribution in [1.29, 1.82) is 0 Å². The number of nitrogens with two attached hydrogens (primary N) is 1. The highest BCUT2D eigenvalue weighted by atomic mass is 19.1. The predicted molar refractivity (Wildman–Crippen MR) is 151 cm³/mol. The maximum Gasteiger partial charge on any atom is 0.255 e. The smallest absolute Gasteiger partial charge is 0.255 e. The van der Waals surface area contributed by atoms with E-state index in [-0.39, 0.29) is 29.8 Å². The number of piperazine rings is 1. The van der Waals surface area contributed by atoms with Crippen LogP contribution in [0.5, 0.6) is 0 Å². The Bertz CT molecular complexity index is 1370. The van der Waals surface area contributed by atoms with E-state index in [1.54, 1.807) is 47.6 Å². The molecular formula is C30H33FN6O3. The van der Waals surface area contributed by atoms with Gasteiger partial charge < -0.3 is 26.2 Å². The summed E-state index contributed by atoms with van der Waals surface area (Å²) in [6.07, 6.45) is 6.54. The third kappa shape index (κ3) is 6.45. The van der Waals surface area contributed by atoms with E-state index in [2.05, 4.69) is 20.5 Å². The Hall–Kier alpha value is -4.31. The summed E-state index contributed by atoms with van der Waals surface area (Å²) in [6.45, 7) is 1.87. The van der Waals surface area contributed by atoms with Gasteiger partial charge >= 0.3 is 0 Å². The maximum absolute atomic E-state index is 13.6. The van der Waals surface area contributed by atoms with E-state index < -0.39 is 5.82 Å². The SMILES string of the molecule is NC1CCC(NC(=O)c2ccc(N3CCN(C(=O)c4cccc(F)c4)CC3)c(NC(=O)c3ccncc3)c2)CC1. The van der Waals surface area contributed by atoms with Crippen LogP contribution in [0, 0.1) is 5.82 Å². The number of nitrogens with zero attached hydrogens (tertiary/aromatic N) is 3. The molecule has 10 heteroatoms. The molecule has 2 heterocycles. The number of carbonyl (C=O) groups excluding carboxylic acids is 3. The van der Waals surface area contributed by atoms with Crippen LogP contribution in [-0.2, 0) is 0 Å². The molecule has 208 valence electrons. The minimum absolute atomic E-state index is 0.0746. The number of pyridine rings is 1. The van der Waals surface area contributed by atoms with Gasteiger partial charge in [-0.3, -0.25) is 19.4 Å². The van der Waals surface area contributed by atoms with Gasteiger partial charge in [0.2, 0.25) is 0 Å². The van der Waals surface area contributed by atoms with Crippen LogP contribution >= 0.6 is 0 Å². The highest BCUT2D eigenvalue weighted by Gasteiger charge is 2.26. The first-order valence-electron chi connectivity index (χ1n) is 13.6. The van der Waals surface area contributed by atoms with Crippen molar-refractivity contribution >= 4 is 29.1 Å². The Kier molecular flexibility index (Phi) is 8.35. The van der Waals surface area contributed by atoms with Crippen molar-refractivity contribution in [3.8, 4) is 0 Å². The molecule has 1 saturated heterocycles. The first-order chi connectivity index (χ1) is 19.4. The fourth-order valence-corrected chi connectivity index (χ4v) is 5.24. The lowest BCUT2D eigenvalue weighted by molar-refractivity contribution is 0.0746. The molecule has 3 amide bonds. The molecule has 0 radical (unpaired) electrons. The number of rotatable bonds is 6. The van der Waals surface area contributed by atoms with Crippen molar-refractivity contribution in [2.75, 3.05) is 36.4 Å². The van der Waals surface area contributed by atoms with E-state index in [9.17, 15) is 18.8 Å². The van der Waals surface area contributed by atoms with Crippen LogP contribution in [0.1, 0.15) is 56.8 Å². The molecule has 40 heavy (non-hydrogen) atoms. The number of hydrogen-bond acceptors (Lipinski definition) is 6. The average Bonchev–Trinajstić information content (AvgIpc) is 2.98. The molecule has 0 atom stereocenters. The standard InChI is InChI=1S/C30H33FN6O3/c31-23-3-1-2-22(18-23)30(40)37-16-14-36(15-17-37)27-9-4-21(29(39)34-25-7-5-24(32)6-8-25)19-26(27)35-28(38)20-10-12-33-13-11-20/h1-4,9-13,18-19,24-25H,5-8,14-17,32H2,(H,34,39)(H,35,38). The van der Waals surface area contributed by atoms with E-state index in [1.165, 1.54) is 18.2 Å². The summed E-state index contributed by atoms with van der Waals surface area (Å²) in [5, 5.41) is 6.07. The zero-order valence-corrected chi connectivity index (χ0v) is 22.2.